The summed E-state index contributed by atoms with van der Waals surface area (Å²) in [5, 5.41) is 11.1. The minimum atomic E-state index is -0.352. The van der Waals surface area contributed by atoms with Crippen LogP contribution >= 0.6 is 0 Å². The molecule has 0 aromatic carbocycles. The lowest BCUT2D eigenvalue weighted by molar-refractivity contribution is -0.384. The molecule has 1 atom stereocenters. The van der Waals surface area contributed by atoms with Gasteiger partial charge >= 0.3 is 5.69 Å². The summed E-state index contributed by atoms with van der Waals surface area (Å²) < 4.78 is 0. The molecule has 2 fully saturated rings. The largest absolute Gasteiger partial charge is 0.364 e. The van der Waals surface area contributed by atoms with Crippen molar-refractivity contribution in [3.63, 3.8) is 0 Å². The first-order valence-corrected chi connectivity index (χ1v) is 7.48. The minimum Gasteiger partial charge on any atom is -0.364 e. The molecule has 3 heterocycles. The fourth-order valence-electron chi connectivity index (χ4n) is 3.33. The smallest absolute Gasteiger partial charge is 0.310 e. The van der Waals surface area contributed by atoms with Gasteiger partial charge in [0.2, 0.25) is 0 Å². The maximum absolute atomic E-state index is 11.1. The number of piperidine rings is 1. The number of nitrogens with zero attached hydrogens (tertiary/aromatic N) is 4. The van der Waals surface area contributed by atoms with Crippen molar-refractivity contribution in [3.05, 3.63) is 28.6 Å². The van der Waals surface area contributed by atoms with E-state index in [-0.39, 0.29) is 10.6 Å². The van der Waals surface area contributed by atoms with Gasteiger partial charge in [0.1, 0.15) is 11.9 Å². The lowest BCUT2D eigenvalue weighted by atomic mass is 10.0. The van der Waals surface area contributed by atoms with Crippen molar-refractivity contribution in [2.45, 2.75) is 31.3 Å². The molecule has 2 aliphatic rings. The molecule has 1 aromatic heterocycles. The van der Waals surface area contributed by atoms with E-state index < -0.39 is 0 Å². The zero-order valence-corrected chi connectivity index (χ0v) is 12.0. The highest BCUT2D eigenvalue weighted by Gasteiger charge is 2.32. The van der Waals surface area contributed by atoms with Crippen molar-refractivity contribution < 1.29 is 4.92 Å². The summed E-state index contributed by atoms with van der Waals surface area (Å²) in [5.74, 6) is 0. The summed E-state index contributed by atoms with van der Waals surface area (Å²) >= 11 is 0. The van der Waals surface area contributed by atoms with E-state index in [0.29, 0.717) is 17.8 Å². The molecule has 0 radical (unpaired) electrons. The van der Waals surface area contributed by atoms with Crippen LogP contribution in [-0.2, 0) is 0 Å². The molecule has 0 saturated carbocycles. The van der Waals surface area contributed by atoms with Gasteiger partial charge in [0, 0.05) is 31.4 Å². The highest BCUT2D eigenvalue weighted by Crippen LogP contribution is 2.31. The molecular weight excluding hydrogens is 270 g/mol. The molecule has 1 aromatic rings. The van der Waals surface area contributed by atoms with Crippen molar-refractivity contribution in [1.82, 2.24) is 9.88 Å². The van der Waals surface area contributed by atoms with Gasteiger partial charge in [-0.25, -0.2) is 0 Å². The molecule has 7 nitrogen and oxygen atoms in total. The highest BCUT2D eigenvalue weighted by atomic mass is 16.6. The van der Waals surface area contributed by atoms with Gasteiger partial charge < -0.3 is 10.6 Å². The molecule has 21 heavy (non-hydrogen) atoms. The lowest BCUT2D eigenvalue weighted by Crippen LogP contribution is -2.46. The molecule has 7 heteroatoms. The number of rotatable bonds is 3. The van der Waals surface area contributed by atoms with Crippen molar-refractivity contribution in [2.24, 2.45) is 5.73 Å². The van der Waals surface area contributed by atoms with Crippen molar-refractivity contribution in [1.29, 1.82) is 0 Å². The Morgan fingerprint density at radius 1 is 1.29 bits per heavy atom. The average Bonchev–Trinajstić information content (AvgIpc) is 2.97. The van der Waals surface area contributed by atoms with Crippen LogP contribution in [0.2, 0.25) is 0 Å². The normalized spacial score (nSPS) is 24.4. The van der Waals surface area contributed by atoms with E-state index in [2.05, 4.69) is 14.8 Å². The minimum absolute atomic E-state index is 0.0961. The maximum atomic E-state index is 11.1. The van der Waals surface area contributed by atoms with E-state index in [1.165, 1.54) is 6.20 Å². The average molecular weight is 291 g/mol. The quantitative estimate of drug-likeness (QED) is 0.660. The van der Waals surface area contributed by atoms with Gasteiger partial charge in [0.05, 0.1) is 4.92 Å². The second kappa shape index (κ2) is 5.95. The Morgan fingerprint density at radius 3 is 2.76 bits per heavy atom. The third-order valence-electron chi connectivity index (χ3n) is 4.57. The van der Waals surface area contributed by atoms with Gasteiger partial charge in [-0.05, 0) is 38.4 Å². The van der Waals surface area contributed by atoms with Crippen LogP contribution < -0.4 is 10.6 Å². The van der Waals surface area contributed by atoms with Crippen LogP contribution in [-0.4, -0.2) is 53.1 Å². The molecule has 0 aliphatic carbocycles. The number of hydrogen-bond donors (Lipinski definition) is 1. The van der Waals surface area contributed by atoms with E-state index in [4.69, 9.17) is 5.73 Å². The van der Waals surface area contributed by atoms with Gasteiger partial charge in [-0.3, -0.25) is 20.0 Å². The predicted octanol–water partition coefficient (Wildman–Crippen LogP) is 0.992. The summed E-state index contributed by atoms with van der Waals surface area (Å²) in [6.45, 7) is 3.79. The van der Waals surface area contributed by atoms with Crippen LogP contribution in [0.4, 0.5) is 11.4 Å². The molecule has 2 saturated heterocycles. The van der Waals surface area contributed by atoms with Crippen molar-refractivity contribution in [3.8, 4) is 0 Å². The third-order valence-corrected chi connectivity index (χ3v) is 4.57. The maximum Gasteiger partial charge on any atom is 0.310 e. The van der Waals surface area contributed by atoms with Crippen LogP contribution in [0.3, 0.4) is 0 Å². The Hall–Kier alpha value is -1.73. The van der Waals surface area contributed by atoms with E-state index >= 15 is 0 Å². The van der Waals surface area contributed by atoms with Crippen LogP contribution in [0.5, 0.6) is 0 Å². The summed E-state index contributed by atoms with van der Waals surface area (Å²) in [6.07, 6.45) is 6.10. The van der Waals surface area contributed by atoms with Gasteiger partial charge in [-0.15, -0.1) is 0 Å². The van der Waals surface area contributed by atoms with E-state index in [0.717, 1.165) is 45.4 Å². The molecule has 2 N–H and O–H groups in total. The monoisotopic (exact) mass is 291 g/mol. The van der Waals surface area contributed by atoms with Gasteiger partial charge in [-0.1, -0.05) is 0 Å². The first kappa shape index (κ1) is 14.2. The molecule has 0 amide bonds. The number of nitro groups is 1. The topological polar surface area (TPSA) is 88.5 Å². The SMILES string of the molecule is NC1CCN(C2CCN(c3ccncc3[N+](=O)[O-])C2)CC1. The van der Waals surface area contributed by atoms with Gasteiger partial charge in [0.15, 0.2) is 0 Å². The summed E-state index contributed by atoms with van der Waals surface area (Å²) in [5.41, 5.74) is 6.73. The summed E-state index contributed by atoms with van der Waals surface area (Å²) in [6, 6.07) is 2.55. The fourth-order valence-corrected chi connectivity index (χ4v) is 3.33. The summed E-state index contributed by atoms with van der Waals surface area (Å²) in [7, 11) is 0. The molecule has 0 spiro atoms. The fraction of sp³-hybridized carbons (Fsp3) is 0.643. The van der Waals surface area contributed by atoms with E-state index in [1.54, 1.807) is 12.3 Å². The Kier molecular flexibility index (Phi) is 4.03. The van der Waals surface area contributed by atoms with Gasteiger partial charge in [0.25, 0.3) is 0 Å². The number of anilines is 1. The number of aromatic nitrogens is 1. The Bertz CT molecular complexity index is 516. The van der Waals surface area contributed by atoms with Crippen LogP contribution in [0, 0.1) is 10.1 Å². The van der Waals surface area contributed by atoms with Crippen LogP contribution in [0.1, 0.15) is 19.3 Å². The molecular formula is C14H21N5O2. The Balaban J connectivity index is 1.68. The number of nitrogens with two attached hydrogens (primary N) is 1. The number of likely N-dealkylation sites (tertiary alicyclic amines) is 1. The highest BCUT2D eigenvalue weighted by molar-refractivity contribution is 5.62. The van der Waals surface area contributed by atoms with Gasteiger partial charge in [-0.2, -0.15) is 0 Å². The number of pyridine rings is 1. The van der Waals surface area contributed by atoms with Crippen LogP contribution in [0.25, 0.3) is 0 Å². The number of hydrogen-bond acceptors (Lipinski definition) is 6. The van der Waals surface area contributed by atoms with Crippen molar-refractivity contribution in [2.75, 3.05) is 31.1 Å². The molecule has 0 bridgehead atoms. The molecule has 114 valence electrons. The molecule has 1 unspecified atom stereocenters. The Labute approximate surface area is 123 Å². The second-order valence-corrected chi connectivity index (χ2v) is 5.88. The second-order valence-electron chi connectivity index (χ2n) is 5.88. The zero-order chi connectivity index (χ0) is 14.8. The van der Waals surface area contributed by atoms with E-state index in [1.807, 2.05) is 0 Å². The molecule has 3 rings (SSSR count). The Morgan fingerprint density at radius 2 is 2.05 bits per heavy atom. The summed E-state index contributed by atoms with van der Waals surface area (Å²) in [4.78, 5) is 19.2. The first-order valence-electron chi connectivity index (χ1n) is 7.48. The van der Waals surface area contributed by atoms with Crippen molar-refractivity contribution >= 4 is 11.4 Å². The predicted molar refractivity (Wildman–Crippen MR) is 80.3 cm³/mol. The zero-order valence-electron chi connectivity index (χ0n) is 12.0. The van der Waals surface area contributed by atoms with Crippen LogP contribution in [0.15, 0.2) is 18.5 Å². The van der Waals surface area contributed by atoms with E-state index in [9.17, 15) is 10.1 Å². The standard InChI is InChI=1S/C14H21N5O2/c15-11-2-6-17(7-3-11)12-4-8-18(10-12)13-1-5-16-9-14(13)19(20)21/h1,5,9,11-12H,2-4,6-8,10,15H2. The molecule has 2 aliphatic heterocycles. The lowest BCUT2D eigenvalue weighted by Gasteiger charge is -2.34. The first-order chi connectivity index (χ1) is 10.1. The third kappa shape index (κ3) is 2.98.